The van der Waals surface area contributed by atoms with Gasteiger partial charge in [0.2, 0.25) is 5.43 Å². The first-order valence-corrected chi connectivity index (χ1v) is 11.3. The molecule has 0 saturated carbocycles. The standard InChI is InChI=1S/C25H20N2O13/c28-14-3-10-13(4-15(14)29)26-6-11(22(10)35)12-9-40-17-5-16(30)24(37)21(20(17)23(12)36)25(38)39-2-1-27(7-18(31)32)8-19(33)34/h3-6,9,28-30,37H,1-2,7-8H2,(H,26,35)(H,31,32)(H,33,34). The fraction of sp³-hybridized carbons (Fsp3) is 0.160. The SMILES string of the molecule is O=C(O)CN(CCOC(=O)c1c(O)c(O)cc2occ(-c3c[nH]c4cc(O)c(O)cc4c3=O)c(=O)c12)CC(=O)O. The predicted molar refractivity (Wildman–Crippen MR) is 135 cm³/mol. The third kappa shape index (κ3) is 5.21. The van der Waals surface area contributed by atoms with Gasteiger partial charge < -0.3 is 44.8 Å². The summed E-state index contributed by atoms with van der Waals surface area (Å²) in [7, 11) is 0. The number of phenols is 4. The van der Waals surface area contributed by atoms with Gasteiger partial charge in [-0.05, 0) is 6.07 Å². The van der Waals surface area contributed by atoms with Crippen LogP contribution >= 0.6 is 0 Å². The van der Waals surface area contributed by atoms with Crippen molar-refractivity contribution in [2.24, 2.45) is 0 Å². The van der Waals surface area contributed by atoms with Gasteiger partial charge in [-0.1, -0.05) is 0 Å². The number of aromatic hydroxyl groups is 4. The van der Waals surface area contributed by atoms with Gasteiger partial charge in [-0.3, -0.25) is 24.1 Å². The number of rotatable bonds is 9. The number of nitrogens with zero attached hydrogens (tertiary/aromatic N) is 1. The monoisotopic (exact) mass is 556 g/mol. The summed E-state index contributed by atoms with van der Waals surface area (Å²) in [6, 6.07) is 2.95. The number of carboxylic acid groups (broad SMARTS) is 2. The Morgan fingerprint density at radius 3 is 2.17 bits per heavy atom. The van der Waals surface area contributed by atoms with Crippen molar-refractivity contribution >= 4 is 39.8 Å². The highest BCUT2D eigenvalue weighted by atomic mass is 16.5. The Labute approximate surface area is 221 Å². The molecule has 2 aromatic carbocycles. The van der Waals surface area contributed by atoms with Gasteiger partial charge in [0, 0.05) is 24.9 Å². The maximum Gasteiger partial charge on any atom is 0.343 e. The van der Waals surface area contributed by atoms with Crippen LogP contribution in [0, 0.1) is 0 Å². The highest BCUT2D eigenvalue weighted by Gasteiger charge is 2.26. The molecule has 0 atom stereocenters. The van der Waals surface area contributed by atoms with Crippen molar-refractivity contribution in [3.63, 3.8) is 0 Å². The number of carbonyl (C=O) groups is 3. The van der Waals surface area contributed by atoms with Gasteiger partial charge >= 0.3 is 17.9 Å². The normalized spacial score (nSPS) is 11.2. The van der Waals surface area contributed by atoms with Crippen LogP contribution in [0.15, 0.2) is 44.7 Å². The molecule has 0 aliphatic heterocycles. The highest BCUT2D eigenvalue weighted by molar-refractivity contribution is 6.07. The van der Waals surface area contributed by atoms with Gasteiger partial charge in [0.25, 0.3) is 0 Å². The molecule has 0 saturated heterocycles. The van der Waals surface area contributed by atoms with Crippen LogP contribution in [-0.2, 0) is 14.3 Å². The second kappa shape index (κ2) is 10.7. The molecule has 2 aromatic heterocycles. The lowest BCUT2D eigenvalue weighted by Crippen LogP contribution is -2.37. The first kappa shape index (κ1) is 27.5. The summed E-state index contributed by atoms with van der Waals surface area (Å²) < 4.78 is 10.4. The van der Waals surface area contributed by atoms with E-state index in [0.717, 1.165) is 35.6 Å². The van der Waals surface area contributed by atoms with Crippen LogP contribution < -0.4 is 10.9 Å². The van der Waals surface area contributed by atoms with E-state index in [-0.39, 0.29) is 34.2 Å². The van der Waals surface area contributed by atoms with Crippen molar-refractivity contribution in [2.75, 3.05) is 26.2 Å². The van der Waals surface area contributed by atoms with Crippen LogP contribution in [0.25, 0.3) is 33.0 Å². The minimum atomic E-state index is -1.33. The summed E-state index contributed by atoms with van der Waals surface area (Å²) in [5, 5.41) is 57.2. The van der Waals surface area contributed by atoms with E-state index >= 15 is 0 Å². The topological polar surface area (TPSA) is 248 Å². The number of hydrogen-bond donors (Lipinski definition) is 7. The number of esters is 1. The minimum Gasteiger partial charge on any atom is -0.504 e. The number of aliphatic carboxylic acids is 2. The summed E-state index contributed by atoms with van der Waals surface area (Å²) in [4.78, 5) is 65.1. The Hall–Kier alpha value is -5.57. The number of ether oxygens (including phenoxy) is 1. The Morgan fingerprint density at radius 2 is 1.52 bits per heavy atom. The number of pyridine rings is 1. The molecule has 4 aromatic rings. The molecular weight excluding hydrogens is 536 g/mol. The number of hydrogen-bond acceptors (Lipinski definition) is 12. The third-order valence-corrected chi connectivity index (χ3v) is 5.85. The fourth-order valence-corrected chi connectivity index (χ4v) is 4.03. The molecule has 0 amide bonds. The van der Waals surface area contributed by atoms with E-state index < -0.39 is 82.4 Å². The number of carboxylic acids is 2. The van der Waals surface area contributed by atoms with Gasteiger partial charge in [-0.25, -0.2) is 4.79 Å². The molecule has 208 valence electrons. The summed E-state index contributed by atoms with van der Waals surface area (Å²) in [6.07, 6.45) is 2.03. The third-order valence-electron chi connectivity index (χ3n) is 5.85. The number of H-pyrrole nitrogens is 1. The molecule has 0 unspecified atom stereocenters. The molecule has 0 fully saturated rings. The average molecular weight is 556 g/mol. The number of aromatic amines is 1. The van der Waals surface area contributed by atoms with E-state index in [2.05, 4.69) is 4.98 Å². The number of fused-ring (bicyclic) bond motifs is 2. The second-order valence-electron chi connectivity index (χ2n) is 8.52. The lowest BCUT2D eigenvalue weighted by atomic mass is 10.0. The van der Waals surface area contributed by atoms with Gasteiger partial charge in [0.1, 0.15) is 24.0 Å². The van der Waals surface area contributed by atoms with Crippen LogP contribution in [-0.4, -0.2) is 84.7 Å². The molecule has 7 N–H and O–H groups in total. The molecule has 0 aliphatic rings. The Morgan fingerprint density at radius 1 is 0.875 bits per heavy atom. The smallest absolute Gasteiger partial charge is 0.343 e. The van der Waals surface area contributed by atoms with E-state index in [1.807, 2.05) is 0 Å². The summed E-state index contributed by atoms with van der Waals surface area (Å²) in [6.45, 7) is -2.23. The van der Waals surface area contributed by atoms with E-state index in [1.54, 1.807) is 0 Å². The molecule has 15 heteroatoms. The van der Waals surface area contributed by atoms with Crippen molar-refractivity contribution in [1.82, 2.24) is 9.88 Å². The Balaban J connectivity index is 1.77. The first-order valence-electron chi connectivity index (χ1n) is 11.3. The Kier molecular flexibility index (Phi) is 7.32. The number of carbonyl (C=O) groups excluding carboxylic acids is 1. The molecule has 15 nitrogen and oxygen atoms in total. The van der Waals surface area contributed by atoms with Gasteiger partial charge in [0.05, 0.1) is 40.5 Å². The minimum absolute atomic E-state index is 0.0900. The van der Waals surface area contributed by atoms with Crippen molar-refractivity contribution in [3.05, 3.63) is 56.7 Å². The fourth-order valence-electron chi connectivity index (χ4n) is 4.03. The highest BCUT2D eigenvalue weighted by Crippen LogP contribution is 2.36. The molecule has 4 rings (SSSR count). The maximum atomic E-state index is 13.5. The zero-order valence-corrected chi connectivity index (χ0v) is 20.2. The number of benzene rings is 2. The van der Waals surface area contributed by atoms with E-state index in [4.69, 9.17) is 19.4 Å². The molecule has 2 heterocycles. The summed E-state index contributed by atoms with van der Waals surface area (Å²) in [5.74, 6) is -6.95. The first-order chi connectivity index (χ1) is 18.9. The van der Waals surface area contributed by atoms with Crippen molar-refractivity contribution in [3.8, 4) is 34.1 Å². The van der Waals surface area contributed by atoms with Crippen molar-refractivity contribution in [2.45, 2.75) is 0 Å². The molecule has 0 aliphatic carbocycles. The largest absolute Gasteiger partial charge is 0.504 e. The summed E-state index contributed by atoms with van der Waals surface area (Å²) >= 11 is 0. The van der Waals surface area contributed by atoms with Crippen LogP contribution in [0.4, 0.5) is 0 Å². The lowest BCUT2D eigenvalue weighted by Gasteiger charge is -2.18. The van der Waals surface area contributed by atoms with E-state index in [9.17, 15) is 44.4 Å². The number of nitrogens with one attached hydrogen (secondary N) is 1. The van der Waals surface area contributed by atoms with E-state index in [1.165, 1.54) is 0 Å². The Bertz CT molecular complexity index is 1790. The maximum absolute atomic E-state index is 13.5. The van der Waals surface area contributed by atoms with Crippen molar-refractivity contribution in [1.29, 1.82) is 0 Å². The quantitative estimate of drug-likeness (QED) is 0.111. The summed E-state index contributed by atoms with van der Waals surface area (Å²) in [5.41, 5.74) is -3.37. The molecule has 0 bridgehead atoms. The van der Waals surface area contributed by atoms with Crippen LogP contribution in [0.5, 0.6) is 23.0 Å². The van der Waals surface area contributed by atoms with Gasteiger partial charge in [0.15, 0.2) is 28.4 Å². The van der Waals surface area contributed by atoms with Gasteiger partial charge in [-0.15, -0.1) is 0 Å². The zero-order chi connectivity index (χ0) is 29.3. The average Bonchev–Trinajstić information content (AvgIpc) is 2.86. The number of aromatic nitrogens is 1. The van der Waals surface area contributed by atoms with E-state index in [0.29, 0.717) is 0 Å². The second-order valence-corrected chi connectivity index (χ2v) is 8.52. The van der Waals surface area contributed by atoms with Crippen LogP contribution in [0.3, 0.4) is 0 Å². The van der Waals surface area contributed by atoms with Crippen molar-refractivity contribution < 1.29 is 54.2 Å². The predicted octanol–water partition coefficient (Wildman–Crippen LogP) is 0.752. The van der Waals surface area contributed by atoms with Crippen LogP contribution in [0.1, 0.15) is 10.4 Å². The molecule has 0 radical (unpaired) electrons. The lowest BCUT2D eigenvalue weighted by molar-refractivity contribution is -0.141. The van der Waals surface area contributed by atoms with Gasteiger partial charge in [-0.2, -0.15) is 0 Å². The molecule has 40 heavy (non-hydrogen) atoms. The zero-order valence-electron chi connectivity index (χ0n) is 20.2. The van der Waals surface area contributed by atoms with Crippen LogP contribution in [0.2, 0.25) is 0 Å². The number of phenolic OH excluding ortho intramolecular Hbond substituents is 4. The molecule has 0 spiro atoms. The molecular formula is C25H20N2O13.